The van der Waals surface area contributed by atoms with E-state index in [0.29, 0.717) is 5.92 Å². The van der Waals surface area contributed by atoms with Gasteiger partial charge in [-0.05, 0) is 61.1 Å². The molecule has 1 nitrogen and oxygen atoms in total. The molecule has 2 heterocycles. The first-order chi connectivity index (χ1) is 10.6. The van der Waals surface area contributed by atoms with Crippen molar-refractivity contribution in [2.24, 2.45) is 4.99 Å². The topological polar surface area (TPSA) is 12.4 Å². The van der Waals surface area contributed by atoms with E-state index in [4.69, 9.17) is 11.6 Å². The Morgan fingerprint density at radius 2 is 2.14 bits per heavy atom. The molecule has 1 unspecified atom stereocenters. The predicted octanol–water partition coefficient (Wildman–Crippen LogP) is 6.54. The molecule has 114 valence electrons. The van der Waals surface area contributed by atoms with Crippen LogP contribution in [0.3, 0.4) is 0 Å². The first-order valence-corrected chi connectivity index (χ1v) is 8.87. The summed E-state index contributed by atoms with van der Waals surface area (Å²) in [6.45, 7) is 6.67. The lowest BCUT2D eigenvalue weighted by molar-refractivity contribution is 0.779. The van der Waals surface area contributed by atoms with Crippen LogP contribution in [-0.4, -0.2) is 6.21 Å². The fourth-order valence-electron chi connectivity index (χ4n) is 3.11. The Balaban J connectivity index is 2.16. The average Bonchev–Trinajstić information content (AvgIpc) is 2.83. The van der Waals surface area contributed by atoms with Gasteiger partial charge in [0, 0.05) is 33.1 Å². The van der Waals surface area contributed by atoms with Crippen molar-refractivity contribution in [3.05, 3.63) is 57.1 Å². The zero-order chi connectivity index (χ0) is 15.7. The maximum Gasteiger partial charge on any atom is 0.0412 e. The van der Waals surface area contributed by atoms with Crippen LogP contribution in [0, 0.1) is 13.8 Å². The highest BCUT2D eigenvalue weighted by molar-refractivity contribution is 7.15. The molecule has 0 saturated heterocycles. The van der Waals surface area contributed by atoms with Gasteiger partial charge in [0.2, 0.25) is 0 Å². The largest absolute Gasteiger partial charge is 0.269 e. The molecule has 2 aromatic rings. The molecule has 3 rings (SSSR count). The van der Waals surface area contributed by atoms with Gasteiger partial charge < -0.3 is 0 Å². The molecule has 0 amide bonds. The predicted molar refractivity (Wildman–Crippen MR) is 98.5 cm³/mol. The minimum Gasteiger partial charge on any atom is -0.269 e. The number of hydrogen-bond acceptors (Lipinski definition) is 2. The average molecular weight is 330 g/mol. The highest BCUT2D eigenvalue weighted by atomic mass is 35.5. The smallest absolute Gasteiger partial charge is 0.0412 e. The monoisotopic (exact) mass is 329 g/mol. The van der Waals surface area contributed by atoms with Crippen LogP contribution in [0.25, 0.3) is 10.4 Å². The van der Waals surface area contributed by atoms with Crippen molar-refractivity contribution < 1.29 is 0 Å². The molecule has 3 heteroatoms. The minimum absolute atomic E-state index is 0.446. The number of halogens is 1. The Bertz CT molecular complexity index is 755. The summed E-state index contributed by atoms with van der Waals surface area (Å²) in [7, 11) is 0. The van der Waals surface area contributed by atoms with Gasteiger partial charge in [0.1, 0.15) is 0 Å². The maximum atomic E-state index is 6.21. The van der Waals surface area contributed by atoms with E-state index < -0.39 is 0 Å². The van der Waals surface area contributed by atoms with Crippen LogP contribution >= 0.6 is 22.9 Å². The lowest BCUT2D eigenvalue weighted by Gasteiger charge is -2.22. The third-order valence-electron chi connectivity index (χ3n) is 4.41. The van der Waals surface area contributed by atoms with Crippen LogP contribution in [-0.2, 0) is 0 Å². The second-order valence-corrected chi connectivity index (χ2v) is 7.38. The summed E-state index contributed by atoms with van der Waals surface area (Å²) in [6.07, 6.45) is 6.12. The van der Waals surface area contributed by atoms with Gasteiger partial charge in [-0.25, -0.2) is 0 Å². The first-order valence-electron chi connectivity index (χ1n) is 7.68. The number of aliphatic imine (C=N–C) groups is 1. The summed E-state index contributed by atoms with van der Waals surface area (Å²) < 4.78 is 0. The Morgan fingerprint density at radius 3 is 2.86 bits per heavy atom. The van der Waals surface area contributed by atoms with Gasteiger partial charge >= 0.3 is 0 Å². The van der Waals surface area contributed by atoms with E-state index in [2.05, 4.69) is 37.9 Å². The lowest BCUT2D eigenvalue weighted by Crippen LogP contribution is -2.08. The highest BCUT2D eigenvalue weighted by Crippen LogP contribution is 2.45. The summed E-state index contributed by atoms with van der Waals surface area (Å²) in [5, 5.41) is 0.795. The minimum atomic E-state index is 0.446. The summed E-state index contributed by atoms with van der Waals surface area (Å²) in [6, 6.07) is 8.20. The number of nitrogens with zero attached hydrogens (tertiary/aromatic N) is 1. The van der Waals surface area contributed by atoms with Crippen molar-refractivity contribution in [3.8, 4) is 10.4 Å². The van der Waals surface area contributed by atoms with Crippen LogP contribution in [0.15, 0.2) is 41.0 Å². The summed E-state index contributed by atoms with van der Waals surface area (Å²) in [5.74, 6) is 0.446. The van der Waals surface area contributed by atoms with Crippen molar-refractivity contribution >= 4 is 29.2 Å². The summed E-state index contributed by atoms with van der Waals surface area (Å²) in [5.41, 5.74) is 5.52. The number of allylic oxidation sites excluding steroid dienone is 1. The van der Waals surface area contributed by atoms with E-state index >= 15 is 0 Å². The molecule has 0 saturated carbocycles. The van der Waals surface area contributed by atoms with Crippen molar-refractivity contribution in [1.82, 2.24) is 0 Å². The van der Waals surface area contributed by atoms with E-state index in [-0.39, 0.29) is 0 Å². The zero-order valence-electron chi connectivity index (χ0n) is 13.2. The Kier molecular flexibility index (Phi) is 4.51. The molecule has 0 radical (unpaired) electrons. The SMILES string of the molecule is CCC1=CN=CCC1c1c(-c2cccc(Cl)c2)sc(C)c1C. The van der Waals surface area contributed by atoms with Crippen molar-refractivity contribution in [2.45, 2.75) is 39.5 Å². The molecular formula is C19H20ClNS. The third kappa shape index (κ3) is 2.78. The Morgan fingerprint density at radius 1 is 1.32 bits per heavy atom. The van der Waals surface area contributed by atoms with Gasteiger partial charge in [-0.15, -0.1) is 11.3 Å². The molecule has 0 aliphatic carbocycles. The number of aryl methyl sites for hydroxylation is 1. The highest BCUT2D eigenvalue weighted by Gasteiger charge is 2.25. The van der Waals surface area contributed by atoms with Gasteiger partial charge in [0.15, 0.2) is 0 Å². The van der Waals surface area contributed by atoms with Crippen LogP contribution in [0.2, 0.25) is 5.02 Å². The van der Waals surface area contributed by atoms with E-state index in [1.807, 2.05) is 35.9 Å². The van der Waals surface area contributed by atoms with E-state index in [1.165, 1.54) is 32.0 Å². The number of rotatable bonds is 3. The summed E-state index contributed by atoms with van der Waals surface area (Å²) >= 11 is 8.09. The maximum absolute atomic E-state index is 6.21. The van der Waals surface area contributed by atoms with Gasteiger partial charge in [0.05, 0.1) is 0 Å². The van der Waals surface area contributed by atoms with Crippen LogP contribution in [0.5, 0.6) is 0 Å². The van der Waals surface area contributed by atoms with Gasteiger partial charge in [-0.1, -0.05) is 30.7 Å². The molecule has 1 aliphatic rings. The molecule has 0 spiro atoms. The van der Waals surface area contributed by atoms with Crippen molar-refractivity contribution in [3.63, 3.8) is 0 Å². The van der Waals surface area contributed by atoms with Crippen molar-refractivity contribution in [1.29, 1.82) is 0 Å². The fraction of sp³-hybridized carbons (Fsp3) is 0.316. The fourth-order valence-corrected chi connectivity index (χ4v) is 4.51. The van der Waals surface area contributed by atoms with Gasteiger partial charge in [-0.3, -0.25) is 4.99 Å². The molecule has 1 aliphatic heterocycles. The number of thiophene rings is 1. The molecule has 0 fully saturated rings. The number of hydrogen-bond donors (Lipinski definition) is 0. The second-order valence-electron chi connectivity index (χ2n) is 5.71. The molecule has 0 bridgehead atoms. The van der Waals surface area contributed by atoms with Crippen molar-refractivity contribution in [2.75, 3.05) is 0 Å². The normalized spacial score (nSPS) is 17.6. The molecule has 0 N–H and O–H groups in total. The second kappa shape index (κ2) is 6.39. The third-order valence-corrected chi connectivity index (χ3v) is 5.92. The molecular weight excluding hydrogens is 310 g/mol. The van der Waals surface area contributed by atoms with Gasteiger partial charge in [0.25, 0.3) is 0 Å². The van der Waals surface area contributed by atoms with E-state index in [0.717, 1.165) is 17.9 Å². The molecule has 1 atom stereocenters. The Labute approximate surface area is 141 Å². The van der Waals surface area contributed by atoms with E-state index in [1.54, 1.807) is 0 Å². The van der Waals surface area contributed by atoms with Crippen LogP contribution in [0.4, 0.5) is 0 Å². The van der Waals surface area contributed by atoms with Crippen LogP contribution in [0.1, 0.15) is 41.7 Å². The standard InChI is InChI=1S/C19H20ClNS/c1-4-14-11-21-9-8-17(14)18-12(2)13(3)22-19(18)15-6-5-7-16(20)10-15/h5-7,9-11,17H,4,8H2,1-3H3. The van der Waals surface area contributed by atoms with Crippen LogP contribution < -0.4 is 0 Å². The molecule has 1 aromatic heterocycles. The molecule has 1 aromatic carbocycles. The zero-order valence-corrected chi connectivity index (χ0v) is 14.8. The van der Waals surface area contributed by atoms with E-state index in [9.17, 15) is 0 Å². The molecule has 22 heavy (non-hydrogen) atoms. The number of benzene rings is 1. The van der Waals surface area contributed by atoms with Gasteiger partial charge in [-0.2, -0.15) is 0 Å². The summed E-state index contributed by atoms with van der Waals surface area (Å²) in [4.78, 5) is 7.10. The first kappa shape index (κ1) is 15.5. The Hall–Kier alpha value is -1.38. The lowest BCUT2D eigenvalue weighted by atomic mass is 9.83. The quantitative estimate of drug-likeness (QED) is 0.606.